The summed E-state index contributed by atoms with van der Waals surface area (Å²) in [6.07, 6.45) is 2.00. The number of aromatic hydroxyl groups is 1. The van der Waals surface area contributed by atoms with E-state index in [1.165, 1.54) is 6.07 Å². The predicted molar refractivity (Wildman–Crippen MR) is 47.9 cm³/mol. The van der Waals surface area contributed by atoms with Gasteiger partial charge < -0.3 is 10.8 Å². The zero-order chi connectivity index (χ0) is 10.3. The number of fused-ring (bicyclic) bond motifs is 1. The molecular weight excluding hydrogens is 188 g/mol. The van der Waals surface area contributed by atoms with Crippen LogP contribution < -0.4 is 5.73 Å². The maximum Gasteiger partial charge on any atom is 0.200 e. The van der Waals surface area contributed by atoms with Gasteiger partial charge in [-0.25, -0.2) is 4.39 Å². The third kappa shape index (κ3) is 1.26. The van der Waals surface area contributed by atoms with Gasteiger partial charge in [0.05, 0.1) is 0 Å². The molecule has 1 atom stereocenters. The Kier molecular flexibility index (Phi) is 2.15. The zero-order valence-corrected chi connectivity index (χ0v) is 7.56. The van der Waals surface area contributed by atoms with Gasteiger partial charge in [-0.3, -0.25) is 0 Å². The molecule has 1 aliphatic carbocycles. The number of nitrogens with two attached hydrogens (primary N) is 1. The van der Waals surface area contributed by atoms with Gasteiger partial charge in [0, 0.05) is 6.04 Å². The van der Waals surface area contributed by atoms with E-state index in [0.29, 0.717) is 17.5 Å². The Labute approximate surface area is 80.4 Å². The number of hydrogen-bond donors (Lipinski definition) is 2. The van der Waals surface area contributed by atoms with E-state index in [1.807, 2.05) is 0 Å². The molecule has 1 aliphatic rings. The Morgan fingerprint density at radius 3 is 2.79 bits per heavy atom. The minimum absolute atomic E-state index is 0.292. The molecule has 0 bridgehead atoms. The average molecular weight is 199 g/mol. The molecule has 0 saturated carbocycles. The first-order valence-corrected chi connectivity index (χ1v) is 4.56. The largest absolute Gasteiger partial charge is 0.505 e. The van der Waals surface area contributed by atoms with E-state index in [2.05, 4.69) is 0 Å². The first-order valence-electron chi connectivity index (χ1n) is 4.56. The maximum atomic E-state index is 13.3. The van der Waals surface area contributed by atoms with Crippen LogP contribution in [0.1, 0.15) is 30.0 Å². The lowest BCUT2D eigenvalue weighted by atomic mass is 9.87. The highest BCUT2D eigenvalue weighted by Crippen LogP contribution is 2.34. The van der Waals surface area contributed by atoms with Gasteiger partial charge in [-0.2, -0.15) is 4.39 Å². The monoisotopic (exact) mass is 199 g/mol. The zero-order valence-electron chi connectivity index (χ0n) is 7.56. The van der Waals surface area contributed by atoms with Gasteiger partial charge in [-0.1, -0.05) is 0 Å². The summed E-state index contributed by atoms with van der Waals surface area (Å²) in [5.41, 5.74) is 6.59. The Balaban J connectivity index is 2.63. The van der Waals surface area contributed by atoms with Crippen LogP contribution in [0.4, 0.5) is 8.78 Å². The maximum absolute atomic E-state index is 13.3. The summed E-state index contributed by atoms with van der Waals surface area (Å²) in [6, 6.07) is 0.942. The van der Waals surface area contributed by atoms with Gasteiger partial charge in [0.2, 0.25) is 5.82 Å². The summed E-state index contributed by atoms with van der Waals surface area (Å²) in [4.78, 5) is 0. The van der Waals surface area contributed by atoms with Crippen LogP contribution in [0.2, 0.25) is 0 Å². The molecule has 0 heterocycles. The van der Waals surface area contributed by atoms with Crippen molar-refractivity contribution < 1.29 is 13.9 Å². The van der Waals surface area contributed by atoms with Crippen molar-refractivity contribution in [1.29, 1.82) is 0 Å². The second-order valence-corrected chi connectivity index (χ2v) is 3.59. The molecule has 0 fully saturated rings. The molecule has 0 unspecified atom stereocenters. The van der Waals surface area contributed by atoms with Crippen molar-refractivity contribution in [3.05, 3.63) is 28.8 Å². The number of phenolic OH excluding ortho intramolecular Hbond substituents is 1. The fourth-order valence-corrected chi connectivity index (χ4v) is 1.91. The van der Waals surface area contributed by atoms with Crippen LogP contribution in [0, 0.1) is 11.6 Å². The Morgan fingerprint density at radius 2 is 2.07 bits per heavy atom. The molecule has 2 nitrogen and oxygen atoms in total. The number of halogens is 2. The molecule has 0 spiro atoms. The highest BCUT2D eigenvalue weighted by atomic mass is 19.2. The van der Waals surface area contributed by atoms with Crippen LogP contribution in [0.15, 0.2) is 6.07 Å². The fourth-order valence-electron chi connectivity index (χ4n) is 1.91. The number of benzene rings is 1. The lowest BCUT2D eigenvalue weighted by Crippen LogP contribution is -2.19. The summed E-state index contributed by atoms with van der Waals surface area (Å²) in [6.45, 7) is 0. The molecule has 1 aromatic rings. The smallest absolute Gasteiger partial charge is 0.200 e. The first kappa shape index (κ1) is 9.40. The van der Waals surface area contributed by atoms with E-state index < -0.39 is 17.4 Å². The summed E-state index contributed by atoms with van der Waals surface area (Å²) in [5.74, 6) is -2.77. The topological polar surface area (TPSA) is 46.2 Å². The Bertz CT molecular complexity index is 379. The quantitative estimate of drug-likeness (QED) is 0.671. The normalized spacial score (nSPS) is 20.6. The highest BCUT2D eigenvalue weighted by Gasteiger charge is 2.24. The third-order valence-electron chi connectivity index (χ3n) is 2.66. The van der Waals surface area contributed by atoms with Crippen LogP contribution in [0.5, 0.6) is 5.75 Å². The van der Waals surface area contributed by atoms with Crippen LogP contribution in [0.25, 0.3) is 0 Å². The van der Waals surface area contributed by atoms with Gasteiger partial charge in [-0.05, 0) is 36.5 Å². The lowest BCUT2D eigenvalue weighted by Gasteiger charge is -2.22. The second kappa shape index (κ2) is 3.20. The SMILES string of the molecule is N[C@H]1CCCc2c1cc(O)c(F)c2F. The Morgan fingerprint density at radius 1 is 1.36 bits per heavy atom. The molecule has 0 aliphatic heterocycles. The van der Waals surface area contributed by atoms with E-state index >= 15 is 0 Å². The predicted octanol–water partition coefficient (Wildman–Crippen LogP) is 2.01. The lowest BCUT2D eigenvalue weighted by molar-refractivity contribution is 0.396. The number of rotatable bonds is 0. The standard InChI is InChI=1S/C10H11F2NO/c11-9-5-2-1-3-7(13)6(5)4-8(14)10(9)12/h4,7,14H,1-3,13H2/t7-/m0/s1. The van der Waals surface area contributed by atoms with Gasteiger partial charge in [0.15, 0.2) is 11.6 Å². The number of hydrogen-bond acceptors (Lipinski definition) is 2. The van der Waals surface area contributed by atoms with E-state index in [0.717, 1.165) is 12.8 Å². The van der Waals surface area contributed by atoms with Gasteiger partial charge in [0.1, 0.15) is 0 Å². The third-order valence-corrected chi connectivity index (χ3v) is 2.66. The summed E-state index contributed by atoms with van der Waals surface area (Å²) >= 11 is 0. The molecule has 2 rings (SSSR count). The summed E-state index contributed by atoms with van der Waals surface area (Å²) in [5, 5.41) is 9.10. The number of phenols is 1. The fraction of sp³-hybridized carbons (Fsp3) is 0.400. The molecule has 0 radical (unpaired) electrons. The average Bonchev–Trinajstić information content (AvgIpc) is 2.17. The van der Waals surface area contributed by atoms with Crippen molar-refractivity contribution >= 4 is 0 Å². The van der Waals surface area contributed by atoms with Crippen LogP contribution in [-0.2, 0) is 6.42 Å². The molecule has 0 aromatic heterocycles. The second-order valence-electron chi connectivity index (χ2n) is 3.59. The summed E-state index contributed by atoms with van der Waals surface area (Å²) in [7, 11) is 0. The summed E-state index contributed by atoms with van der Waals surface area (Å²) < 4.78 is 26.3. The van der Waals surface area contributed by atoms with Crippen molar-refractivity contribution in [3.63, 3.8) is 0 Å². The minimum atomic E-state index is -1.17. The molecule has 14 heavy (non-hydrogen) atoms. The van der Waals surface area contributed by atoms with E-state index in [9.17, 15) is 8.78 Å². The van der Waals surface area contributed by atoms with Crippen LogP contribution in [-0.4, -0.2) is 5.11 Å². The minimum Gasteiger partial charge on any atom is -0.505 e. The molecule has 4 heteroatoms. The van der Waals surface area contributed by atoms with Crippen molar-refractivity contribution in [1.82, 2.24) is 0 Å². The molecule has 1 aromatic carbocycles. The molecule has 0 amide bonds. The van der Waals surface area contributed by atoms with Crippen molar-refractivity contribution in [2.75, 3.05) is 0 Å². The highest BCUT2D eigenvalue weighted by molar-refractivity contribution is 5.40. The molecular formula is C10H11F2NO. The van der Waals surface area contributed by atoms with Gasteiger partial charge in [0.25, 0.3) is 0 Å². The molecule has 0 saturated heterocycles. The molecule has 76 valence electrons. The first-order chi connectivity index (χ1) is 6.61. The van der Waals surface area contributed by atoms with Gasteiger partial charge in [-0.15, -0.1) is 0 Å². The molecule has 3 N–H and O–H groups in total. The van der Waals surface area contributed by atoms with Crippen molar-refractivity contribution in [2.24, 2.45) is 5.73 Å². The van der Waals surface area contributed by atoms with Crippen molar-refractivity contribution in [3.8, 4) is 5.75 Å². The van der Waals surface area contributed by atoms with Crippen molar-refractivity contribution in [2.45, 2.75) is 25.3 Å². The van der Waals surface area contributed by atoms with E-state index in [-0.39, 0.29) is 6.04 Å². The van der Waals surface area contributed by atoms with Gasteiger partial charge >= 0.3 is 0 Å². The Hall–Kier alpha value is -1.16. The van der Waals surface area contributed by atoms with Crippen LogP contribution in [0.3, 0.4) is 0 Å². The van der Waals surface area contributed by atoms with Crippen LogP contribution >= 0.6 is 0 Å². The van der Waals surface area contributed by atoms with E-state index in [4.69, 9.17) is 10.8 Å². The van der Waals surface area contributed by atoms with E-state index in [1.54, 1.807) is 0 Å².